The third-order valence-corrected chi connectivity index (χ3v) is 12.1. The van der Waals surface area contributed by atoms with Crippen molar-refractivity contribution in [1.29, 1.82) is 0 Å². The molecule has 12 N–H and O–H groups in total. The van der Waals surface area contributed by atoms with Crippen LogP contribution >= 0.6 is 0 Å². The van der Waals surface area contributed by atoms with Crippen LogP contribution in [0.4, 0.5) is 0 Å². The van der Waals surface area contributed by atoms with Crippen molar-refractivity contribution in [3.8, 4) is 114 Å². The van der Waals surface area contributed by atoms with Crippen molar-refractivity contribution < 1.29 is 65.7 Å². The van der Waals surface area contributed by atoms with Crippen LogP contribution in [0.25, 0.3) is 98.8 Å². The molecule has 9 aromatic carbocycles. The quantitative estimate of drug-likeness (QED) is 0.0382. The lowest BCUT2D eigenvalue weighted by Crippen LogP contribution is -2.13. The highest BCUT2D eigenvalue weighted by molar-refractivity contribution is 6.42. The topological polar surface area (TPSA) is 256 Å². The van der Waals surface area contributed by atoms with Crippen LogP contribution in [0.15, 0.2) is 101 Å². The molecule has 15 heteroatoms. The van der Waals surface area contributed by atoms with E-state index in [1.165, 1.54) is 15.7 Å². The van der Waals surface area contributed by atoms with E-state index in [1.807, 2.05) is 66.7 Å². The van der Waals surface area contributed by atoms with Gasteiger partial charge >= 0.3 is 0 Å². The van der Waals surface area contributed by atoms with Crippen molar-refractivity contribution in [3.05, 3.63) is 97.1 Å². The second-order valence-electron chi connectivity index (χ2n) is 15.4. The minimum absolute atomic E-state index is 0.0606. The summed E-state index contributed by atoms with van der Waals surface area (Å²) in [5.74, 6) is -10.2. The molecule has 0 bridgehead atoms. The van der Waals surface area contributed by atoms with Crippen molar-refractivity contribution in [2.24, 2.45) is 0 Å². The van der Waals surface area contributed by atoms with Crippen LogP contribution < -0.4 is 10.9 Å². The number of benzene rings is 9. The molecule has 1 aromatic heterocycles. The molecule has 0 fully saturated rings. The normalized spacial score (nSPS) is 11.7. The second kappa shape index (κ2) is 13.4. The van der Waals surface area contributed by atoms with Gasteiger partial charge in [0.05, 0.1) is 16.7 Å². The maximum atomic E-state index is 12.0. The van der Waals surface area contributed by atoms with Gasteiger partial charge in [-0.1, -0.05) is 72.8 Å². The summed E-state index contributed by atoms with van der Waals surface area (Å²) in [6.07, 6.45) is 0. The highest BCUT2D eigenvalue weighted by Crippen LogP contribution is 2.57. The predicted octanol–water partition coefficient (Wildman–Crippen LogP) is 6.70. The number of phenols is 12. The van der Waals surface area contributed by atoms with E-state index in [9.17, 15) is 61.3 Å². The first-order valence-electron chi connectivity index (χ1n) is 19.4. The molecule has 10 aromatic rings. The molecule has 0 unspecified atom stereocenters. The standard InChI is InChI=1S/C48H32B2O13/c49-34-31(33-37(52)35(50)43(58)44(59)42(33)57)40(55)41(56)32(36(34)51)30-22-8-3-1-6-20(22)28(21-7-2-4-9-23(21)30)24-10-5-11-26-29(24)25-15-12-17-16-18(13-14-19(17)48(25)63-26)27-38(53)45(60)47(62)46(61)39(27)54/h1-16,51-62H,49-50H2. The molecule has 0 amide bonds. The zero-order chi connectivity index (χ0) is 44.5. The molecule has 0 radical (unpaired) electrons. The first kappa shape index (κ1) is 38.5. The summed E-state index contributed by atoms with van der Waals surface area (Å²) in [5.41, 5.74) is 1.66. The van der Waals surface area contributed by atoms with Gasteiger partial charge in [-0.25, -0.2) is 0 Å². The summed E-state index contributed by atoms with van der Waals surface area (Å²) in [6.45, 7) is 0. The largest absolute Gasteiger partial charge is 0.508 e. The van der Waals surface area contributed by atoms with Crippen molar-refractivity contribution in [2.75, 3.05) is 0 Å². The van der Waals surface area contributed by atoms with Crippen LogP contribution in [0.1, 0.15) is 0 Å². The Morgan fingerprint density at radius 2 is 0.810 bits per heavy atom. The van der Waals surface area contributed by atoms with Crippen molar-refractivity contribution in [2.45, 2.75) is 0 Å². The first-order chi connectivity index (χ1) is 30.1. The van der Waals surface area contributed by atoms with Crippen LogP contribution in [0.2, 0.25) is 0 Å². The number of furan rings is 1. The Labute approximate surface area is 356 Å². The zero-order valence-corrected chi connectivity index (χ0v) is 33.0. The van der Waals surface area contributed by atoms with Crippen LogP contribution in [0.5, 0.6) is 69.0 Å². The predicted molar refractivity (Wildman–Crippen MR) is 244 cm³/mol. The van der Waals surface area contributed by atoms with Crippen molar-refractivity contribution >= 4 is 80.9 Å². The molecular weight excluding hydrogens is 806 g/mol. The van der Waals surface area contributed by atoms with E-state index in [2.05, 4.69) is 0 Å². The Hall–Kier alpha value is -8.71. The lowest BCUT2D eigenvalue weighted by Gasteiger charge is -2.23. The minimum Gasteiger partial charge on any atom is -0.508 e. The Balaban J connectivity index is 1.22. The molecule has 0 aliphatic carbocycles. The second-order valence-corrected chi connectivity index (χ2v) is 15.4. The molecule has 1 heterocycles. The molecule has 10 rings (SSSR count). The number of hydrogen-bond acceptors (Lipinski definition) is 13. The summed E-state index contributed by atoms with van der Waals surface area (Å²) >= 11 is 0. The van der Waals surface area contributed by atoms with Crippen molar-refractivity contribution in [3.63, 3.8) is 0 Å². The Bertz CT molecular complexity index is 3550. The molecule has 0 spiro atoms. The van der Waals surface area contributed by atoms with Crippen LogP contribution in [-0.4, -0.2) is 77.0 Å². The summed E-state index contributed by atoms with van der Waals surface area (Å²) in [4.78, 5) is 0. The van der Waals surface area contributed by atoms with E-state index in [4.69, 9.17) is 4.42 Å². The van der Waals surface area contributed by atoms with Gasteiger partial charge in [-0.3, -0.25) is 0 Å². The summed E-state index contributed by atoms with van der Waals surface area (Å²) in [7, 11) is 2.69. The van der Waals surface area contributed by atoms with Gasteiger partial charge in [0.1, 0.15) is 38.4 Å². The summed E-state index contributed by atoms with van der Waals surface area (Å²) in [5, 5.41) is 135. The van der Waals surface area contributed by atoms with Crippen LogP contribution in [0, 0.1) is 0 Å². The summed E-state index contributed by atoms with van der Waals surface area (Å²) in [6, 6.07) is 29.0. The number of phenolic OH excluding ortho intramolecular Hbond substituents is 12. The smallest absolute Gasteiger partial charge is 0.208 e. The molecule has 308 valence electrons. The van der Waals surface area contributed by atoms with E-state index in [-0.39, 0.29) is 33.2 Å². The molecule has 0 aliphatic heterocycles. The van der Waals surface area contributed by atoms with Crippen molar-refractivity contribution in [1.82, 2.24) is 0 Å². The van der Waals surface area contributed by atoms with Gasteiger partial charge < -0.3 is 65.7 Å². The lowest BCUT2D eigenvalue weighted by molar-refractivity contribution is 0.330. The number of aromatic hydroxyl groups is 12. The van der Waals surface area contributed by atoms with Gasteiger partial charge in [0.15, 0.2) is 34.5 Å². The maximum absolute atomic E-state index is 12.0. The molecule has 0 saturated carbocycles. The third kappa shape index (κ3) is 5.13. The molecule has 0 atom stereocenters. The Kier molecular flexibility index (Phi) is 8.18. The molecular formula is C48H32B2O13. The summed E-state index contributed by atoms with van der Waals surface area (Å²) < 4.78 is 6.56. The molecule has 0 aliphatic rings. The van der Waals surface area contributed by atoms with Gasteiger partial charge in [0.2, 0.25) is 23.0 Å². The molecule has 63 heavy (non-hydrogen) atoms. The third-order valence-electron chi connectivity index (χ3n) is 12.1. The average Bonchev–Trinajstić information content (AvgIpc) is 3.69. The fourth-order valence-electron chi connectivity index (χ4n) is 9.05. The highest BCUT2D eigenvalue weighted by Gasteiger charge is 2.32. The van der Waals surface area contributed by atoms with E-state index >= 15 is 0 Å². The first-order valence-corrected chi connectivity index (χ1v) is 19.4. The maximum Gasteiger partial charge on any atom is 0.208 e. The fourth-order valence-corrected chi connectivity index (χ4v) is 9.05. The van der Waals surface area contributed by atoms with Gasteiger partial charge in [-0.2, -0.15) is 0 Å². The fraction of sp³-hybridized carbons (Fsp3) is 0. The highest BCUT2D eigenvalue weighted by atomic mass is 16.4. The van der Waals surface area contributed by atoms with Gasteiger partial charge in [0, 0.05) is 27.3 Å². The van der Waals surface area contributed by atoms with Gasteiger partial charge in [-0.15, -0.1) is 0 Å². The monoisotopic (exact) mass is 838 g/mol. The van der Waals surface area contributed by atoms with Crippen LogP contribution in [-0.2, 0) is 0 Å². The molecule has 13 nitrogen and oxygen atoms in total. The van der Waals surface area contributed by atoms with E-state index in [1.54, 1.807) is 30.3 Å². The number of rotatable bonds is 4. The van der Waals surface area contributed by atoms with E-state index in [0.717, 1.165) is 21.9 Å². The SMILES string of the molecule is Bc1c(O)c(O)c(O)c(-c2c(B)c(O)c(-c3c4ccccc4c(-c4cccc5oc6c7ccc(-c8c(O)c(O)c(O)c(O)c8O)cc7ccc6c45)c4ccccc34)c(O)c2O)c1O. The van der Waals surface area contributed by atoms with Gasteiger partial charge in [-0.05, 0) is 78.8 Å². The number of hydrogen-bond donors (Lipinski definition) is 12. The number of fused-ring (bicyclic) bond motifs is 7. The lowest BCUT2D eigenvalue weighted by atomic mass is 9.78. The Morgan fingerprint density at radius 1 is 0.333 bits per heavy atom. The van der Waals surface area contributed by atoms with E-state index in [0.29, 0.717) is 49.0 Å². The molecule has 0 saturated heterocycles. The zero-order valence-electron chi connectivity index (χ0n) is 33.0. The van der Waals surface area contributed by atoms with E-state index < -0.39 is 74.6 Å². The van der Waals surface area contributed by atoms with Crippen LogP contribution in [0.3, 0.4) is 0 Å². The average molecular weight is 838 g/mol. The Morgan fingerprint density at radius 3 is 1.43 bits per heavy atom. The van der Waals surface area contributed by atoms with Gasteiger partial charge in [0.25, 0.3) is 0 Å². The minimum atomic E-state index is -1.06.